The van der Waals surface area contributed by atoms with Gasteiger partial charge in [-0.3, -0.25) is 4.79 Å². The lowest BCUT2D eigenvalue weighted by molar-refractivity contribution is 0.0283. The van der Waals surface area contributed by atoms with Crippen molar-refractivity contribution in [3.63, 3.8) is 0 Å². The zero-order valence-electron chi connectivity index (χ0n) is 20.4. The number of ether oxygens (including phenoxy) is 1. The molecule has 0 unspecified atom stereocenters. The summed E-state index contributed by atoms with van der Waals surface area (Å²) in [5.41, 5.74) is 1.35. The highest BCUT2D eigenvalue weighted by atomic mass is 16.6. The standard InChI is InChI=1S/C25H30N4O6/c1-25(2,3)35-24(33)29(5)13-12-28(4)22(31)16-6-8-17(9-7-16)26-23(32)27-18-10-11-21-19(14-18)20(30)15-34-21/h6-11,14-15,30H,12-13H2,1-5H3,(H2,26,27,32). The molecular weight excluding hydrogens is 452 g/mol. The summed E-state index contributed by atoms with van der Waals surface area (Å²) >= 11 is 0. The lowest BCUT2D eigenvalue weighted by atomic mass is 10.2. The van der Waals surface area contributed by atoms with Crippen molar-refractivity contribution in [2.24, 2.45) is 0 Å². The van der Waals surface area contributed by atoms with Crippen LogP contribution < -0.4 is 10.6 Å². The van der Waals surface area contributed by atoms with Crippen molar-refractivity contribution in [2.45, 2.75) is 26.4 Å². The molecule has 0 radical (unpaired) electrons. The molecule has 0 saturated carbocycles. The molecule has 35 heavy (non-hydrogen) atoms. The molecule has 3 aromatic rings. The van der Waals surface area contributed by atoms with Crippen molar-refractivity contribution in [3.05, 3.63) is 54.3 Å². The Morgan fingerprint density at radius 1 is 0.943 bits per heavy atom. The van der Waals surface area contributed by atoms with Crippen LogP contribution in [0.1, 0.15) is 31.1 Å². The second-order valence-electron chi connectivity index (χ2n) is 9.12. The van der Waals surface area contributed by atoms with E-state index in [1.165, 1.54) is 16.1 Å². The summed E-state index contributed by atoms with van der Waals surface area (Å²) in [6.45, 7) is 6.03. The first-order valence-electron chi connectivity index (χ1n) is 11.0. The van der Waals surface area contributed by atoms with E-state index in [1.807, 2.05) is 0 Å². The van der Waals surface area contributed by atoms with Crippen LogP contribution in [0.15, 0.2) is 53.1 Å². The number of likely N-dealkylation sites (N-methyl/N-ethyl adjacent to an activating group) is 2. The third-order valence-electron chi connectivity index (χ3n) is 5.02. The minimum atomic E-state index is -0.587. The Labute approximate surface area is 203 Å². The maximum Gasteiger partial charge on any atom is 0.410 e. The minimum Gasteiger partial charge on any atom is -0.504 e. The Morgan fingerprint density at radius 2 is 1.54 bits per heavy atom. The molecule has 3 rings (SSSR count). The molecule has 0 aliphatic rings. The van der Waals surface area contributed by atoms with E-state index in [4.69, 9.17) is 9.15 Å². The van der Waals surface area contributed by atoms with Crippen molar-refractivity contribution in [1.29, 1.82) is 0 Å². The fourth-order valence-corrected chi connectivity index (χ4v) is 3.14. The van der Waals surface area contributed by atoms with E-state index in [2.05, 4.69) is 10.6 Å². The summed E-state index contributed by atoms with van der Waals surface area (Å²) in [7, 11) is 3.27. The Balaban J connectivity index is 1.51. The van der Waals surface area contributed by atoms with E-state index in [0.29, 0.717) is 41.0 Å². The highest BCUT2D eigenvalue weighted by Gasteiger charge is 2.20. The largest absolute Gasteiger partial charge is 0.504 e. The van der Waals surface area contributed by atoms with Crippen LogP contribution in [0.3, 0.4) is 0 Å². The minimum absolute atomic E-state index is 0.00855. The highest BCUT2D eigenvalue weighted by molar-refractivity contribution is 6.02. The summed E-state index contributed by atoms with van der Waals surface area (Å²) in [4.78, 5) is 40.0. The van der Waals surface area contributed by atoms with Crippen LogP contribution in [0.25, 0.3) is 11.0 Å². The van der Waals surface area contributed by atoms with Gasteiger partial charge >= 0.3 is 12.1 Å². The van der Waals surface area contributed by atoms with Gasteiger partial charge in [-0.05, 0) is 63.2 Å². The fourth-order valence-electron chi connectivity index (χ4n) is 3.14. The van der Waals surface area contributed by atoms with Gasteiger partial charge in [0.05, 0.1) is 5.39 Å². The van der Waals surface area contributed by atoms with Crippen LogP contribution in [0, 0.1) is 0 Å². The summed E-state index contributed by atoms with van der Waals surface area (Å²) in [6.07, 6.45) is 0.780. The Morgan fingerprint density at radius 3 is 2.20 bits per heavy atom. The first-order chi connectivity index (χ1) is 16.4. The van der Waals surface area contributed by atoms with Crippen molar-refractivity contribution in [3.8, 4) is 5.75 Å². The maximum absolute atomic E-state index is 12.7. The lowest BCUT2D eigenvalue weighted by Crippen LogP contribution is -2.39. The molecule has 2 aromatic carbocycles. The summed E-state index contributed by atoms with van der Waals surface area (Å²) < 4.78 is 10.5. The molecule has 10 nitrogen and oxygen atoms in total. The molecule has 10 heteroatoms. The molecule has 1 aromatic heterocycles. The van der Waals surface area contributed by atoms with Crippen LogP contribution >= 0.6 is 0 Å². The number of amides is 4. The zero-order chi connectivity index (χ0) is 25.8. The molecule has 3 N–H and O–H groups in total. The number of aromatic hydroxyl groups is 1. The summed E-state index contributed by atoms with van der Waals surface area (Å²) in [6, 6.07) is 10.9. The monoisotopic (exact) mass is 482 g/mol. The number of hydrogen-bond donors (Lipinski definition) is 3. The van der Waals surface area contributed by atoms with Crippen molar-refractivity contribution in [1.82, 2.24) is 9.80 Å². The third-order valence-corrected chi connectivity index (χ3v) is 5.02. The predicted molar refractivity (Wildman–Crippen MR) is 133 cm³/mol. The van der Waals surface area contributed by atoms with Gasteiger partial charge in [0.2, 0.25) is 0 Å². The summed E-state index contributed by atoms with van der Waals surface area (Å²) in [5, 5.41) is 15.6. The fraction of sp³-hybridized carbons (Fsp3) is 0.320. The van der Waals surface area contributed by atoms with E-state index in [1.54, 1.807) is 77.3 Å². The number of nitrogens with one attached hydrogen (secondary N) is 2. The van der Waals surface area contributed by atoms with E-state index in [9.17, 15) is 19.5 Å². The summed E-state index contributed by atoms with van der Waals surface area (Å²) in [5.74, 6) is -0.224. The second kappa shape index (κ2) is 10.4. The Hall–Kier alpha value is -4.21. The number of furan rings is 1. The molecule has 0 spiro atoms. The normalized spacial score (nSPS) is 11.1. The SMILES string of the molecule is CN(CCN(C)C(=O)c1ccc(NC(=O)Nc2ccc3occ(O)c3c2)cc1)C(=O)OC(C)(C)C. The smallest absolute Gasteiger partial charge is 0.410 e. The van der Waals surface area contributed by atoms with Gasteiger partial charge < -0.3 is 34.7 Å². The molecule has 0 atom stereocenters. The Bertz CT molecular complexity index is 1210. The van der Waals surface area contributed by atoms with Crippen molar-refractivity contribution >= 4 is 40.4 Å². The first-order valence-corrected chi connectivity index (χ1v) is 11.0. The van der Waals surface area contributed by atoms with Crippen molar-refractivity contribution < 1.29 is 28.6 Å². The van der Waals surface area contributed by atoms with E-state index < -0.39 is 17.7 Å². The predicted octanol–water partition coefficient (Wildman–Crippen LogP) is 4.72. The number of anilines is 2. The number of carbonyl (C=O) groups excluding carboxylic acids is 3. The molecule has 0 bridgehead atoms. The number of nitrogens with zero attached hydrogens (tertiary/aromatic N) is 2. The maximum atomic E-state index is 12.7. The lowest BCUT2D eigenvalue weighted by Gasteiger charge is -2.26. The van der Waals surface area contributed by atoms with Gasteiger partial charge in [-0.2, -0.15) is 0 Å². The van der Waals surface area contributed by atoms with Crippen molar-refractivity contribution in [2.75, 3.05) is 37.8 Å². The van der Waals surface area contributed by atoms with Gasteiger partial charge in [0.25, 0.3) is 5.91 Å². The quantitative estimate of drug-likeness (QED) is 0.467. The highest BCUT2D eigenvalue weighted by Crippen LogP contribution is 2.29. The average Bonchev–Trinajstić information content (AvgIpc) is 3.16. The number of urea groups is 1. The topological polar surface area (TPSA) is 124 Å². The van der Waals surface area contributed by atoms with Gasteiger partial charge in [0, 0.05) is 44.1 Å². The van der Waals surface area contributed by atoms with Crippen LogP contribution in [0.4, 0.5) is 21.0 Å². The number of rotatable bonds is 6. The van der Waals surface area contributed by atoms with Crippen LogP contribution in [-0.2, 0) is 4.74 Å². The Kier molecular flexibility index (Phi) is 7.53. The second-order valence-corrected chi connectivity index (χ2v) is 9.12. The molecule has 1 heterocycles. The molecule has 0 aliphatic carbocycles. The average molecular weight is 483 g/mol. The van der Waals surface area contributed by atoms with E-state index in [0.717, 1.165) is 0 Å². The third kappa shape index (κ3) is 6.89. The van der Waals surface area contributed by atoms with Gasteiger partial charge in [0.15, 0.2) is 5.75 Å². The number of fused-ring (bicyclic) bond motifs is 1. The van der Waals surface area contributed by atoms with Crippen LogP contribution in [-0.4, -0.2) is 65.7 Å². The van der Waals surface area contributed by atoms with Crippen LogP contribution in [0.2, 0.25) is 0 Å². The first kappa shape index (κ1) is 25.4. The molecule has 0 saturated heterocycles. The van der Waals surface area contributed by atoms with Gasteiger partial charge in [-0.15, -0.1) is 0 Å². The zero-order valence-corrected chi connectivity index (χ0v) is 20.4. The van der Waals surface area contributed by atoms with Crippen LogP contribution in [0.5, 0.6) is 5.75 Å². The number of hydrogen-bond acceptors (Lipinski definition) is 6. The van der Waals surface area contributed by atoms with Gasteiger partial charge in [0.1, 0.15) is 17.4 Å². The number of carbonyl (C=O) groups is 3. The molecule has 186 valence electrons. The molecule has 0 aliphatic heterocycles. The van der Waals surface area contributed by atoms with Gasteiger partial charge in [-0.25, -0.2) is 9.59 Å². The molecule has 4 amide bonds. The van der Waals surface area contributed by atoms with E-state index in [-0.39, 0.29) is 11.7 Å². The molecule has 0 fully saturated rings. The van der Waals surface area contributed by atoms with Gasteiger partial charge in [-0.1, -0.05) is 0 Å². The number of benzene rings is 2. The van der Waals surface area contributed by atoms with E-state index >= 15 is 0 Å². The molecular formula is C25H30N4O6.